The van der Waals surface area contributed by atoms with E-state index in [4.69, 9.17) is 9.84 Å². The summed E-state index contributed by atoms with van der Waals surface area (Å²) in [7, 11) is 0. The molecule has 0 radical (unpaired) electrons. The van der Waals surface area contributed by atoms with Crippen LogP contribution in [-0.2, 0) is 9.59 Å². The predicted molar refractivity (Wildman–Crippen MR) is 81.2 cm³/mol. The topological polar surface area (TPSA) is 95.9 Å². The second kappa shape index (κ2) is 6.61. The molecule has 1 aromatic rings. The van der Waals surface area contributed by atoms with Crippen molar-refractivity contribution < 1.29 is 24.2 Å². The zero-order chi connectivity index (χ0) is 16.3. The first-order chi connectivity index (χ1) is 10.4. The first-order valence-corrected chi connectivity index (χ1v) is 7.20. The van der Waals surface area contributed by atoms with Gasteiger partial charge in [-0.2, -0.15) is 0 Å². The maximum absolute atomic E-state index is 12.0. The highest BCUT2D eigenvalue weighted by Gasteiger charge is 2.34. The molecule has 0 spiro atoms. The Morgan fingerprint density at radius 3 is 2.77 bits per heavy atom. The van der Waals surface area contributed by atoms with Crippen molar-refractivity contribution in [1.29, 1.82) is 0 Å². The number of carboxylic acid groups (broad SMARTS) is 1. The van der Waals surface area contributed by atoms with E-state index >= 15 is 0 Å². The van der Waals surface area contributed by atoms with Crippen LogP contribution in [0.15, 0.2) is 28.4 Å². The van der Waals surface area contributed by atoms with Crippen LogP contribution in [0.4, 0.5) is 4.79 Å². The number of imide groups is 1. The molecule has 1 saturated heterocycles. The van der Waals surface area contributed by atoms with Crippen molar-refractivity contribution in [3.63, 3.8) is 0 Å². The van der Waals surface area contributed by atoms with Crippen LogP contribution in [0.3, 0.4) is 0 Å². The third-order valence-corrected chi connectivity index (χ3v) is 3.44. The number of carbonyl (C=O) groups excluding carboxylic acids is 2. The van der Waals surface area contributed by atoms with Crippen molar-refractivity contribution in [3.8, 4) is 5.75 Å². The highest BCUT2D eigenvalue weighted by atomic mass is 79.9. The number of rotatable bonds is 5. The molecule has 1 fully saturated rings. The van der Waals surface area contributed by atoms with Crippen LogP contribution < -0.4 is 10.1 Å². The lowest BCUT2D eigenvalue weighted by Crippen LogP contribution is -2.35. The van der Waals surface area contributed by atoms with Gasteiger partial charge in [-0.1, -0.05) is 6.07 Å². The zero-order valence-corrected chi connectivity index (χ0v) is 13.2. The number of aliphatic carboxylic acids is 1. The highest BCUT2D eigenvalue weighted by molar-refractivity contribution is 9.10. The lowest BCUT2D eigenvalue weighted by molar-refractivity contribution is -0.140. The summed E-state index contributed by atoms with van der Waals surface area (Å²) in [5.41, 5.74) is 0.693. The van der Waals surface area contributed by atoms with Crippen LogP contribution in [-0.4, -0.2) is 41.1 Å². The second-order valence-electron chi connectivity index (χ2n) is 4.40. The molecule has 0 atom stereocenters. The molecule has 1 aromatic carbocycles. The van der Waals surface area contributed by atoms with E-state index in [1.165, 1.54) is 6.08 Å². The SMILES string of the molecule is CCOc1ccc(/C=C2/NC(=O)N(CC(=O)O)C2=O)cc1Br. The van der Waals surface area contributed by atoms with E-state index in [-0.39, 0.29) is 5.70 Å². The van der Waals surface area contributed by atoms with Crippen molar-refractivity contribution in [2.45, 2.75) is 6.92 Å². The normalized spacial score (nSPS) is 16.1. The Morgan fingerprint density at radius 1 is 1.45 bits per heavy atom. The van der Waals surface area contributed by atoms with Gasteiger partial charge in [-0.25, -0.2) is 9.69 Å². The summed E-state index contributed by atoms with van der Waals surface area (Å²) in [4.78, 5) is 34.9. The molecule has 8 heteroatoms. The molecule has 0 unspecified atom stereocenters. The molecule has 0 aromatic heterocycles. The van der Waals surface area contributed by atoms with Crippen LogP contribution in [0.2, 0.25) is 0 Å². The van der Waals surface area contributed by atoms with Crippen LogP contribution >= 0.6 is 15.9 Å². The fourth-order valence-electron chi connectivity index (χ4n) is 1.90. The van der Waals surface area contributed by atoms with Gasteiger partial charge in [0.1, 0.15) is 18.0 Å². The fraction of sp³-hybridized carbons (Fsp3) is 0.214. The number of carbonyl (C=O) groups is 3. The number of urea groups is 1. The maximum Gasteiger partial charge on any atom is 0.329 e. The molecule has 0 bridgehead atoms. The zero-order valence-electron chi connectivity index (χ0n) is 11.6. The number of benzene rings is 1. The van der Waals surface area contributed by atoms with E-state index < -0.39 is 24.5 Å². The van der Waals surface area contributed by atoms with Gasteiger partial charge in [-0.15, -0.1) is 0 Å². The minimum Gasteiger partial charge on any atom is -0.493 e. The first kappa shape index (κ1) is 16.0. The van der Waals surface area contributed by atoms with Gasteiger partial charge in [-0.05, 0) is 46.6 Å². The molecular weight excluding hydrogens is 356 g/mol. The van der Waals surface area contributed by atoms with Crippen molar-refractivity contribution in [2.75, 3.05) is 13.2 Å². The Labute approximate surface area is 134 Å². The Kier molecular flexibility index (Phi) is 4.81. The Hall–Kier alpha value is -2.35. The largest absolute Gasteiger partial charge is 0.493 e. The standard InChI is InChI=1S/C14H13BrN2O5/c1-2-22-11-4-3-8(5-9(11)15)6-10-13(20)17(7-12(18)19)14(21)16-10/h3-6H,2,7H2,1H3,(H,16,21)(H,18,19)/b10-6+. The molecule has 2 N–H and O–H groups in total. The number of hydrogen-bond acceptors (Lipinski definition) is 4. The smallest absolute Gasteiger partial charge is 0.329 e. The van der Waals surface area contributed by atoms with Gasteiger partial charge in [0.05, 0.1) is 11.1 Å². The average molecular weight is 369 g/mol. The van der Waals surface area contributed by atoms with Gasteiger partial charge >= 0.3 is 12.0 Å². The van der Waals surface area contributed by atoms with E-state index in [2.05, 4.69) is 21.2 Å². The van der Waals surface area contributed by atoms with E-state index in [1.807, 2.05) is 6.92 Å². The van der Waals surface area contributed by atoms with Crippen LogP contribution in [0.25, 0.3) is 6.08 Å². The van der Waals surface area contributed by atoms with Crippen LogP contribution in [0, 0.1) is 0 Å². The molecule has 1 aliphatic rings. The quantitative estimate of drug-likeness (QED) is 0.610. The molecule has 0 aliphatic carbocycles. The summed E-state index contributed by atoms with van der Waals surface area (Å²) in [6.07, 6.45) is 1.47. The van der Waals surface area contributed by atoms with Gasteiger partial charge in [0.25, 0.3) is 5.91 Å². The van der Waals surface area contributed by atoms with Crippen molar-refractivity contribution in [2.24, 2.45) is 0 Å². The fourth-order valence-corrected chi connectivity index (χ4v) is 2.41. The van der Waals surface area contributed by atoms with E-state index in [0.717, 1.165) is 0 Å². The van der Waals surface area contributed by atoms with E-state index in [1.54, 1.807) is 18.2 Å². The lowest BCUT2D eigenvalue weighted by Gasteiger charge is -2.07. The van der Waals surface area contributed by atoms with Gasteiger partial charge in [0.15, 0.2) is 0 Å². The van der Waals surface area contributed by atoms with Crippen molar-refractivity contribution >= 4 is 39.9 Å². The molecule has 22 heavy (non-hydrogen) atoms. The van der Waals surface area contributed by atoms with E-state index in [9.17, 15) is 14.4 Å². The molecular formula is C14H13BrN2O5. The monoisotopic (exact) mass is 368 g/mol. The second-order valence-corrected chi connectivity index (χ2v) is 5.25. The molecule has 116 valence electrons. The third-order valence-electron chi connectivity index (χ3n) is 2.82. The minimum absolute atomic E-state index is 0.0299. The van der Waals surface area contributed by atoms with Gasteiger partial charge < -0.3 is 15.2 Å². The number of hydrogen-bond donors (Lipinski definition) is 2. The number of nitrogens with zero attached hydrogens (tertiary/aromatic N) is 1. The predicted octanol–water partition coefficient (Wildman–Crippen LogP) is 1.83. The molecule has 0 saturated carbocycles. The number of carboxylic acids is 1. The van der Waals surface area contributed by atoms with E-state index in [0.29, 0.717) is 27.3 Å². The third kappa shape index (κ3) is 3.45. The number of amides is 3. The molecule has 3 amide bonds. The summed E-state index contributed by atoms with van der Waals surface area (Å²) >= 11 is 3.35. The van der Waals surface area contributed by atoms with Gasteiger partial charge in [0.2, 0.25) is 0 Å². The van der Waals surface area contributed by atoms with Crippen molar-refractivity contribution in [1.82, 2.24) is 10.2 Å². The first-order valence-electron chi connectivity index (χ1n) is 6.41. The van der Waals surface area contributed by atoms with Crippen LogP contribution in [0.5, 0.6) is 5.75 Å². The van der Waals surface area contributed by atoms with Crippen LogP contribution in [0.1, 0.15) is 12.5 Å². The summed E-state index contributed by atoms with van der Waals surface area (Å²) in [6.45, 7) is 1.72. The molecule has 1 aliphatic heterocycles. The Bertz CT molecular complexity index is 671. The number of halogens is 1. The highest BCUT2D eigenvalue weighted by Crippen LogP contribution is 2.27. The van der Waals surface area contributed by atoms with Gasteiger partial charge in [0, 0.05) is 0 Å². The summed E-state index contributed by atoms with van der Waals surface area (Å²) in [6, 6.07) is 4.44. The summed E-state index contributed by atoms with van der Waals surface area (Å²) in [5.74, 6) is -1.26. The van der Waals surface area contributed by atoms with Gasteiger partial charge in [-0.3, -0.25) is 9.59 Å². The Morgan fingerprint density at radius 2 is 2.18 bits per heavy atom. The lowest BCUT2D eigenvalue weighted by atomic mass is 10.2. The number of ether oxygens (including phenoxy) is 1. The maximum atomic E-state index is 12.0. The average Bonchev–Trinajstić information content (AvgIpc) is 2.69. The molecule has 1 heterocycles. The summed E-state index contributed by atoms with van der Waals surface area (Å²) in [5, 5.41) is 11.0. The summed E-state index contributed by atoms with van der Waals surface area (Å²) < 4.78 is 6.09. The molecule has 2 rings (SSSR count). The molecule has 7 nitrogen and oxygen atoms in total. The minimum atomic E-state index is -1.26. The number of nitrogens with one attached hydrogen (secondary N) is 1. The Balaban J connectivity index is 2.23. The van der Waals surface area contributed by atoms with Crippen molar-refractivity contribution in [3.05, 3.63) is 33.9 Å².